The Balaban J connectivity index is 1.91. The van der Waals surface area contributed by atoms with Crippen molar-refractivity contribution in [2.75, 3.05) is 30.4 Å². The quantitative estimate of drug-likeness (QED) is 0.477. The van der Waals surface area contributed by atoms with Crippen LogP contribution in [0.2, 0.25) is 10.0 Å². The zero-order chi connectivity index (χ0) is 26.6. The molecule has 0 radical (unpaired) electrons. The first-order valence-electron chi connectivity index (χ1n) is 11.2. The highest BCUT2D eigenvalue weighted by atomic mass is 35.5. The maximum absolute atomic E-state index is 13.6. The van der Waals surface area contributed by atoms with Gasteiger partial charge in [-0.1, -0.05) is 43.1 Å². The summed E-state index contributed by atoms with van der Waals surface area (Å²) in [7, 11) is -3.87. The molecule has 1 atom stereocenters. The van der Waals surface area contributed by atoms with Crippen LogP contribution in [0.15, 0.2) is 36.4 Å². The minimum absolute atomic E-state index is 0.0186. The molecule has 0 unspecified atom stereocenters. The van der Waals surface area contributed by atoms with E-state index in [-0.39, 0.29) is 30.9 Å². The van der Waals surface area contributed by atoms with Crippen LogP contribution in [-0.4, -0.2) is 57.3 Å². The predicted octanol–water partition coefficient (Wildman–Crippen LogP) is 3.68. The van der Waals surface area contributed by atoms with Crippen molar-refractivity contribution in [2.24, 2.45) is 5.92 Å². The first kappa shape index (κ1) is 27.9. The summed E-state index contributed by atoms with van der Waals surface area (Å²) >= 11 is 12.2. The van der Waals surface area contributed by atoms with Crippen LogP contribution in [0.4, 0.5) is 5.69 Å². The van der Waals surface area contributed by atoms with E-state index in [1.54, 1.807) is 31.2 Å². The van der Waals surface area contributed by atoms with Gasteiger partial charge in [0.15, 0.2) is 11.5 Å². The average molecular weight is 558 g/mol. The number of benzene rings is 2. The van der Waals surface area contributed by atoms with Gasteiger partial charge in [-0.3, -0.25) is 13.9 Å². The molecule has 2 aromatic rings. The minimum Gasteiger partial charge on any atom is -0.454 e. The van der Waals surface area contributed by atoms with Crippen LogP contribution in [0.1, 0.15) is 26.3 Å². The molecule has 9 nitrogen and oxygen atoms in total. The first-order chi connectivity index (χ1) is 16.9. The van der Waals surface area contributed by atoms with Crippen molar-refractivity contribution in [3.63, 3.8) is 0 Å². The molecule has 2 aromatic carbocycles. The molecule has 0 spiro atoms. The molecule has 36 heavy (non-hydrogen) atoms. The number of hydrogen-bond acceptors (Lipinski definition) is 6. The van der Waals surface area contributed by atoms with Gasteiger partial charge in [-0.2, -0.15) is 0 Å². The lowest BCUT2D eigenvalue weighted by Gasteiger charge is -2.31. The Labute approximate surface area is 221 Å². The van der Waals surface area contributed by atoms with Gasteiger partial charge >= 0.3 is 0 Å². The summed E-state index contributed by atoms with van der Waals surface area (Å²) in [4.78, 5) is 27.8. The molecule has 1 heterocycles. The zero-order valence-corrected chi connectivity index (χ0v) is 22.8. The van der Waals surface area contributed by atoms with Gasteiger partial charge in [0, 0.05) is 19.2 Å². The topological polar surface area (TPSA) is 105 Å². The summed E-state index contributed by atoms with van der Waals surface area (Å²) in [6, 6.07) is 8.62. The van der Waals surface area contributed by atoms with Crippen molar-refractivity contribution in [2.45, 2.75) is 33.4 Å². The van der Waals surface area contributed by atoms with Crippen molar-refractivity contribution in [1.29, 1.82) is 0 Å². The van der Waals surface area contributed by atoms with Crippen molar-refractivity contribution in [1.82, 2.24) is 10.2 Å². The second-order valence-electron chi connectivity index (χ2n) is 8.89. The normalized spacial score (nSPS) is 13.4. The number of halogens is 2. The highest BCUT2D eigenvalue weighted by Crippen LogP contribution is 2.36. The lowest BCUT2D eigenvalue weighted by Crippen LogP contribution is -2.51. The zero-order valence-electron chi connectivity index (χ0n) is 20.5. The second kappa shape index (κ2) is 11.6. The maximum atomic E-state index is 13.6. The van der Waals surface area contributed by atoms with Crippen LogP contribution in [0.3, 0.4) is 0 Å². The Kier molecular flexibility index (Phi) is 8.97. The molecule has 0 saturated carbocycles. The van der Waals surface area contributed by atoms with Gasteiger partial charge in [0.05, 0.1) is 22.0 Å². The second-order valence-corrected chi connectivity index (χ2v) is 11.6. The van der Waals surface area contributed by atoms with Gasteiger partial charge in [-0.15, -0.1) is 0 Å². The van der Waals surface area contributed by atoms with Crippen LogP contribution in [-0.2, 0) is 26.2 Å². The summed E-state index contributed by atoms with van der Waals surface area (Å²) in [5.41, 5.74) is 0.872. The van der Waals surface area contributed by atoms with E-state index in [0.717, 1.165) is 10.6 Å². The fraction of sp³-hybridized carbons (Fsp3) is 0.417. The van der Waals surface area contributed by atoms with E-state index in [9.17, 15) is 18.0 Å². The van der Waals surface area contributed by atoms with Gasteiger partial charge in [-0.25, -0.2) is 8.42 Å². The Hall–Kier alpha value is -2.69. The fourth-order valence-electron chi connectivity index (χ4n) is 3.52. The van der Waals surface area contributed by atoms with Crippen molar-refractivity contribution in [3.05, 3.63) is 52.0 Å². The van der Waals surface area contributed by atoms with Gasteiger partial charge in [0.1, 0.15) is 12.6 Å². The molecular weight excluding hydrogens is 529 g/mol. The smallest absolute Gasteiger partial charge is 0.244 e. The minimum atomic E-state index is -3.87. The van der Waals surface area contributed by atoms with E-state index in [4.69, 9.17) is 32.7 Å². The Morgan fingerprint density at radius 1 is 1.03 bits per heavy atom. The monoisotopic (exact) mass is 557 g/mol. The lowest BCUT2D eigenvalue weighted by atomic mass is 10.1. The van der Waals surface area contributed by atoms with E-state index in [0.29, 0.717) is 33.7 Å². The van der Waals surface area contributed by atoms with Crippen LogP contribution < -0.4 is 19.1 Å². The summed E-state index contributed by atoms with van der Waals surface area (Å²) < 4.78 is 37.0. The van der Waals surface area contributed by atoms with Crippen LogP contribution in [0.5, 0.6) is 11.5 Å². The number of anilines is 1. The summed E-state index contributed by atoms with van der Waals surface area (Å²) in [6.45, 7) is 5.46. The number of rotatable bonds is 10. The van der Waals surface area contributed by atoms with Crippen LogP contribution in [0, 0.1) is 5.92 Å². The van der Waals surface area contributed by atoms with E-state index < -0.39 is 28.5 Å². The molecule has 1 aliphatic heterocycles. The third-order valence-corrected chi connectivity index (χ3v) is 7.39. The average Bonchev–Trinajstić information content (AvgIpc) is 3.28. The number of sulfonamides is 1. The largest absolute Gasteiger partial charge is 0.454 e. The fourth-order valence-corrected chi connectivity index (χ4v) is 4.69. The van der Waals surface area contributed by atoms with E-state index in [2.05, 4.69) is 5.32 Å². The number of fused-ring (bicyclic) bond motifs is 1. The van der Waals surface area contributed by atoms with Crippen molar-refractivity contribution < 1.29 is 27.5 Å². The number of amides is 2. The lowest BCUT2D eigenvalue weighted by molar-refractivity contribution is -0.139. The summed E-state index contributed by atoms with van der Waals surface area (Å²) in [5.74, 6) is 0.146. The molecule has 1 N–H and O–H groups in total. The molecule has 0 bridgehead atoms. The van der Waals surface area contributed by atoms with Gasteiger partial charge in [-0.05, 0) is 42.7 Å². The molecule has 196 valence electrons. The molecule has 2 amide bonds. The van der Waals surface area contributed by atoms with E-state index in [1.165, 1.54) is 17.0 Å². The molecule has 1 aliphatic rings. The number of ether oxygens (including phenoxy) is 2. The van der Waals surface area contributed by atoms with Gasteiger partial charge in [0.25, 0.3) is 0 Å². The van der Waals surface area contributed by atoms with Crippen LogP contribution in [0.25, 0.3) is 0 Å². The number of nitrogens with zero attached hydrogens (tertiary/aromatic N) is 2. The Morgan fingerprint density at radius 3 is 2.36 bits per heavy atom. The van der Waals surface area contributed by atoms with Crippen molar-refractivity contribution >= 4 is 50.7 Å². The molecule has 0 fully saturated rings. The highest BCUT2D eigenvalue weighted by Gasteiger charge is 2.31. The number of hydrogen-bond donors (Lipinski definition) is 1. The number of nitrogens with one attached hydrogen (secondary N) is 1. The highest BCUT2D eigenvalue weighted by molar-refractivity contribution is 7.92. The van der Waals surface area contributed by atoms with Crippen molar-refractivity contribution in [3.8, 4) is 11.5 Å². The SMILES string of the molecule is CC(C)CNC(=O)[C@@H](C)N(Cc1ccc(Cl)c(Cl)c1)C(=O)CN(c1ccc2c(c1)OCO2)S(C)(=O)=O. The van der Waals surface area contributed by atoms with E-state index in [1.807, 2.05) is 13.8 Å². The molecule has 12 heteroatoms. The summed E-state index contributed by atoms with van der Waals surface area (Å²) in [6.07, 6.45) is 1.01. The Bertz CT molecular complexity index is 1240. The summed E-state index contributed by atoms with van der Waals surface area (Å²) in [5, 5.41) is 3.48. The Morgan fingerprint density at radius 2 is 1.72 bits per heavy atom. The molecule has 3 rings (SSSR count). The molecule has 0 saturated heterocycles. The van der Waals surface area contributed by atoms with Crippen LogP contribution >= 0.6 is 23.2 Å². The first-order valence-corrected chi connectivity index (χ1v) is 13.9. The third kappa shape index (κ3) is 6.96. The predicted molar refractivity (Wildman–Crippen MR) is 139 cm³/mol. The molecule has 0 aliphatic carbocycles. The van der Waals surface area contributed by atoms with Gasteiger partial charge < -0.3 is 19.7 Å². The number of carbonyl (C=O) groups excluding carboxylic acids is 2. The standard InChI is InChI=1S/C24H29Cl2N3O6S/c1-15(2)11-27-24(31)16(3)28(12-17-5-7-19(25)20(26)9-17)23(30)13-29(36(4,32)33)18-6-8-21-22(10-18)35-14-34-21/h5-10,15-16H,11-14H2,1-4H3,(H,27,31)/t16-/m1/s1. The van der Waals surface area contributed by atoms with Gasteiger partial charge in [0.2, 0.25) is 28.6 Å². The molecular formula is C24H29Cl2N3O6S. The number of carbonyl (C=O) groups is 2. The van der Waals surface area contributed by atoms with E-state index >= 15 is 0 Å². The molecule has 0 aromatic heterocycles. The third-order valence-electron chi connectivity index (χ3n) is 5.51. The maximum Gasteiger partial charge on any atom is 0.244 e.